The van der Waals surface area contributed by atoms with Crippen LogP contribution in [0.2, 0.25) is 0 Å². The number of hydrogen-bond donors (Lipinski definition) is 0. The zero-order valence-electron chi connectivity index (χ0n) is 19.4. The van der Waals surface area contributed by atoms with Gasteiger partial charge in [0, 0.05) is 49.4 Å². The maximum Gasteiger partial charge on any atom is 0.254 e. The van der Waals surface area contributed by atoms with Gasteiger partial charge in [-0.15, -0.1) is 0 Å². The fourth-order valence-electron chi connectivity index (χ4n) is 5.65. The van der Waals surface area contributed by atoms with Gasteiger partial charge in [-0.05, 0) is 63.1 Å². The summed E-state index contributed by atoms with van der Waals surface area (Å²) in [5.74, 6) is 1.16. The smallest absolute Gasteiger partial charge is 0.254 e. The lowest BCUT2D eigenvalue weighted by atomic mass is 9.64. The molecular formula is C26H32N2O4. The summed E-state index contributed by atoms with van der Waals surface area (Å²) in [5, 5.41) is 0. The molecule has 4 heterocycles. The van der Waals surface area contributed by atoms with Crippen LogP contribution >= 0.6 is 0 Å². The first-order valence-corrected chi connectivity index (χ1v) is 11.5. The van der Waals surface area contributed by atoms with Crippen molar-refractivity contribution in [3.8, 4) is 5.75 Å². The summed E-state index contributed by atoms with van der Waals surface area (Å²) < 4.78 is 14.5. The molecule has 3 aliphatic rings. The minimum absolute atomic E-state index is 0.0557. The first kappa shape index (κ1) is 21.3. The summed E-state index contributed by atoms with van der Waals surface area (Å²) in [6, 6.07) is 9.56. The standard InChI is InChI=1S/C26H32N2O4/c1-17-5-6-19-21(13-17)32-25(2,3)20-15-26(16-31-23(19)20)8-11-28(12-9-26)24(30)18-7-10-27(4)22(29)14-18/h5-7,10,13-14,20,23H,8-9,11-12,15-16H2,1-4H3/t20-,23+/m0/s1. The Morgan fingerprint density at radius 1 is 1.12 bits per heavy atom. The first-order chi connectivity index (χ1) is 15.2. The number of carbonyl (C=O) groups excluding carboxylic acids is 1. The zero-order valence-corrected chi connectivity index (χ0v) is 19.4. The molecule has 2 fully saturated rings. The van der Waals surface area contributed by atoms with Crippen molar-refractivity contribution in [1.82, 2.24) is 9.47 Å². The third-order valence-electron chi connectivity index (χ3n) is 7.79. The van der Waals surface area contributed by atoms with Crippen LogP contribution < -0.4 is 10.3 Å². The van der Waals surface area contributed by atoms with Crippen molar-refractivity contribution < 1.29 is 14.3 Å². The van der Waals surface area contributed by atoms with E-state index in [1.807, 2.05) is 4.90 Å². The fourth-order valence-corrected chi connectivity index (χ4v) is 5.65. The number of amides is 1. The number of ether oxygens (including phenoxy) is 2. The Labute approximate surface area is 189 Å². The number of carbonyl (C=O) groups is 1. The van der Waals surface area contributed by atoms with Crippen LogP contribution in [-0.2, 0) is 11.8 Å². The van der Waals surface area contributed by atoms with Gasteiger partial charge in [0.05, 0.1) is 12.7 Å². The summed E-state index contributed by atoms with van der Waals surface area (Å²) >= 11 is 0. The Morgan fingerprint density at radius 2 is 1.88 bits per heavy atom. The molecule has 0 aliphatic carbocycles. The first-order valence-electron chi connectivity index (χ1n) is 11.5. The van der Waals surface area contributed by atoms with Crippen molar-refractivity contribution in [2.45, 2.75) is 51.7 Å². The van der Waals surface area contributed by atoms with Gasteiger partial charge in [-0.3, -0.25) is 9.59 Å². The fraction of sp³-hybridized carbons (Fsp3) is 0.538. The monoisotopic (exact) mass is 436 g/mol. The van der Waals surface area contributed by atoms with Gasteiger partial charge in [-0.1, -0.05) is 12.1 Å². The van der Waals surface area contributed by atoms with E-state index in [0.717, 1.165) is 30.6 Å². The van der Waals surface area contributed by atoms with Crippen LogP contribution in [0.25, 0.3) is 0 Å². The number of pyridine rings is 1. The van der Waals surface area contributed by atoms with Crippen LogP contribution in [0.3, 0.4) is 0 Å². The van der Waals surface area contributed by atoms with Crippen molar-refractivity contribution in [2.75, 3.05) is 19.7 Å². The second-order valence-electron chi connectivity index (χ2n) is 10.4. The van der Waals surface area contributed by atoms with E-state index >= 15 is 0 Å². The summed E-state index contributed by atoms with van der Waals surface area (Å²) in [7, 11) is 1.69. The van der Waals surface area contributed by atoms with E-state index in [9.17, 15) is 9.59 Å². The largest absolute Gasteiger partial charge is 0.487 e. The van der Waals surface area contributed by atoms with Gasteiger partial charge in [0.25, 0.3) is 11.5 Å². The van der Waals surface area contributed by atoms with Gasteiger partial charge in [0.1, 0.15) is 11.4 Å². The number of piperidine rings is 1. The maximum atomic E-state index is 13.0. The Bertz CT molecular complexity index is 1110. The van der Waals surface area contributed by atoms with Crippen LogP contribution in [0.1, 0.15) is 60.7 Å². The van der Waals surface area contributed by atoms with Crippen LogP contribution in [-0.4, -0.2) is 40.7 Å². The number of rotatable bonds is 1. The Balaban J connectivity index is 1.31. The highest BCUT2D eigenvalue weighted by molar-refractivity contribution is 5.94. The van der Waals surface area contributed by atoms with E-state index in [-0.39, 0.29) is 34.5 Å². The predicted molar refractivity (Wildman–Crippen MR) is 122 cm³/mol. The minimum atomic E-state index is -0.310. The predicted octanol–water partition coefficient (Wildman–Crippen LogP) is 3.86. The molecule has 2 atom stereocenters. The van der Waals surface area contributed by atoms with Gasteiger partial charge in [0.15, 0.2) is 0 Å². The summed E-state index contributed by atoms with van der Waals surface area (Å²) in [6.07, 6.45) is 4.56. The molecule has 1 spiro atoms. The van der Waals surface area contributed by atoms with Gasteiger partial charge in [-0.2, -0.15) is 0 Å². The minimum Gasteiger partial charge on any atom is -0.487 e. The van der Waals surface area contributed by atoms with Crippen molar-refractivity contribution in [2.24, 2.45) is 18.4 Å². The second kappa shape index (κ2) is 7.48. The molecule has 0 radical (unpaired) electrons. The third kappa shape index (κ3) is 3.54. The lowest BCUT2D eigenvalue weighted by Gasteiger charge is -2.54. The van der Waals surface area contributed by atoms with E-state index in [0.29, 0.717) is 25.3 Å². The molecule has 1 aromatic heterocycles. The van der Waals surface area contributed by atoms with Crippen molar-refractivity contribution in [3.63, 3.8) is 0 Å². The molecule has 2 aromatic rings. The molecule has 1 amide bonds. The average Bonchev–Trinajstić information content (AvgIpc) is 2.75. The van der Waals surface area contributed by atoms with E-state index in [2.05, 4.69) is 39.0 Å². The molecule has 2 saturated heterocycles. The molecule has 0 unspecified atom stereocenters. The second-order valence-corrected chi connectivity index (χ2v) is 10.4. The Morgan fingerprint density at radius 3 is 2.59 bits per heavy atom. The number of benzene rings is 1. The average molecular weight is 437 g/mol. The van der Waals surface area contributed by atoms with Gasteiger partial charge in [-0.25, -0.2) is 0 Å². The molecule has 1 aromatic carbocycles. The van der Waals surface area contributed by atoms with E-state index < -0.39 is 0 Å². The van der Waals surface area contributed by atoms with E-state index in [4.69, 9.17) is 9.47 Å². The molecule has 170 valence electrons. The number of fused-ring (bicyclic) bond motifs is 3. The highest BCUT2D eigenvalue weighted by Crippen LogP contribution is 2.55. The molecule has 3 aliphatic heterocycles. The van der Waals surface area contributed by atoms with Crippen LogP contribution in [0.5, 0.6) is 5.75 Å². The molecule has 32 heavy (non-hydrogen) atoms. The molecule has 6 heteroatoms. The molecule has 0 saturated carbocycles. The zero-order chi connectivity index (χ0) is 22.7. The highest BCUT2D eigenvalue weighted by Gasteiger charge is 2.52. The molecular weight excluding hydrogens is 404 g/mol. The number of hydrogen-bond acceptors (Lipinski definition) is 4. The highest BCUT2D eigenvalue weighted by atomic mass is 16.5. The number of nitrogens with zero attached hydrogens (tertiary/aromatic N) is 2. The maximum absolute atomic E-state index is 13.0. The van der Waals surface area contributed by atoms with E-state index in [1.54, 1.807) is 19.3 Å². The Kier molecular flexibility index (Phi) is 4.97. The van der Waals surface area contributed by atoms with Crippen LogP contribution in [0, 0.1) is 18.3 Å². The van der Waals surface area contributed by atoms with E-state index in [1.165, 1.54) is 16.2 Å². The quantitative estimate of drug-likeness (QED) is 0.681. The lowest BCUT2D eigenvalue weighted by molar-refractivity contribution is -0.173. The number of likely N-dealkylation sites (tertiary alicyclic amines) is 1. The van der Waals surface area contributed by atoms with Crippen molar-refractivity contribution in [1.29, 1.82) is 0 Å². The Hall–Kier alpha value is -2.60. The van der Waals surface area contributed by atoms with Crippen molar-refractivity contribution >= 4 is 5.91 Å². The topological polar surface area (TPSA) is 60.8 Å². The van der Waals surface area contributed by atoms with Crippen LogP contribution in [0.15, 0.2) is 41.3 Å². The van der Waals surface area contributed by atoms with Gasteiger partial charge in [0.2, 0.25) is 0 Å². The molecule has 0 bridgehead atoms. The molecule has 0 N–H and O–H groups in total. The van der Waals surface area contributed by atoms with Crippen LogP contribution in [0.4, 0.5) is 0 Å². The SMILES string of the molecule is Cc1ccc2c(c1)OC(C)(C)[C@H]1CC3(CCN(C(=O)c4ccn(C)c(=O)c4)CC3)CO[C@H]21. The molecule has 6 nitrogen and oxygen atoms in total. The number of aromatic nitrogens is 1. The van der Waals surface area contributed by atoms with Crippen molar-refractivity contribution in [3.05, 3.63) is 63.6 Å². The number of aryl methyl sites for hydroxylation is 2. The normalized spacial score (nSPS) is 25.6. The summed E-state index contributed by atoms with van der Waals surface area (Å²) in [6.45, 7) is 8.52. The van der Waals surface area contributed by atoms with Gasteiger partial charge >= 0.3 is 0 Å². The summed E-state index contributed by atoms with van der Waals surface area (Å²) in [4.78, 5) is 26.8. The van der Waals surface area contributed by atoms with Gasteiger partial charge < -0.3 is 18.9 Å². The lowest BCUT2D eigenvalue weighted by Crippen LogP contribution is -2.54. The molecule has 5 rings (SSSR count). The third-order valence-corrected chi connectivity index (χ3v) is 7.79. The summed E-state index contributed by atoms with van der Waals surface area (Å²) in [5.41, 5.74) is 2.42.